The minimum atomic E-state index is -1.09. The smallest absolute Gasteiger partial charge is 0.258 e. The average molecular weight is 271 g/mol. The molecule has 0 N–H and O–H groups in total. The van der Waals surface area contributed by atoms with Gasteiger partial charge in [-0.15, -0.1) is 0 Å². The molecular weight excluding hydrogens is 266 g/mol. The molecule has 0 fully saturated rings. The van der Waals surface area contributed by atoms with Crippen LogP contribution in [0.4, 0.5) is 14.5 Å². The molecule has 2 rings (SSSR count). The van der Waals surface area contributed by atoms with E-state index in [9.17, 15) is 18.9 Å². The van der Waals surface area contributed by atoms with Crippen LogP contribution in [0.15, 0.2) is 30.5 Å². The Hall–Kier alpha value is -2.08. The molecule has 0 amide bonds. The number of halogens is 3. The number of nitrogens with zero attached hydrogens (tertiary/aromatic N) is 2. The minimum absolute atomic E-state index is 0.0862. The molecule has 1 aromatic heterocycles. The second-order valence-corrected chi connectivity index (χ2v) is 3.75. The highest BCUT2D eigenvalue weighted by molar-refractivity contribution is 6.31. The van der Waals surface area contributed by atoms with Gasteiger partial charge < -0.3 is 0 Å². The maximum Gasteiger partial charge on any atom is 0.307 e. The topological polar surface area (TPSA) is 56.0 Å². The summed E-state index contributed by atoms with van der Waals surface area (Å²) in [6, 6.07) is 4.60. The summed E-state index contributed by atoms with van der Waals surface area (Å²) >= 11 is 5.53. The molecule has 0 radical (unpaired) electrons. The standard InChI is InChI=1S/C11H5ClF2N2O2/c12-11-9(16(17)18)4-6(5-15-11)7-2-1-3-8(13)10(7)14/h1-5H. The number of pyridine rings is 1. The van der Waals surface area contributed by atoms with E-state index in [1.807, 2.05) is 0 Å². The summed E-state index contributed by atoms with van der Waals surface area (Å²) in [4.78, 5) is 13.5. The van der Waals surface area contributed by atoms with Crippen molar-refractivity contribution in [2.24, 2.45) is 0 Å². The van der Waals surface area contributed by atoms with Crippen molar-refractivity contribution in [1.82, 2.24) is 4.98 Å². The maximum absolute atomic E-state index is 13.5. The monoisotopic (exact) mass is 270 g/mol. The Balaban J connectivity index is 2.62. The molecule has 0 aliphatic heterocycles. The quantitative estimate of drug-likeness (QED) is 0.476. The molecular formula is C11H5ClF2N2O2. The van der Waals surface area contributed by atoms with Crippen molar-refractivity contribution in [3.05, 3.63) is 57.4 Å². The third kappa shape index (κ3) is 2.14. The lowest BCUT2D eigenvalue weighted by molar-refractivity contribution is -0.385. The summed E-state index contributed by atoms with van der Waals surface area (Å²) in [7, 11) is 0. The zero-order valence-electron chi connectivity index (χ0n) is 8.73. The van der Waals surface area contributed by atoms with E-state index in [0.29, 0.717) is 0 Å². The Bertz CT molecular complexity index is 634. The Morgan fingerprint density at radius 1 is 1.33 bits per heavy atom. The number of nitro groups is 1. The summed E-state index contributed by atoms with van der Waals surface area (Å²) in [6.07, 6.45) is 1.15. The predicted octanol–water partition coefficient (Wildman–Crippen LogP) is 3.59. The van der Waals surface area contributed by atoms with E-state index in [-0.39, 0.29) is 16.3 Å². The van der Waals surface area contributed by atoms with Crippen LogP contribution in [0.25, 0.3) is 11.1 Å². The van der Waals surface area contributed by atoms with E-state index in [1.165, 1.54) is 12.1 Å². The molecule has 0 unspecified atom stereocenters. The molecule has 4 nitrogen and oxygen atoms in total. The zero-order chi connectivity index (χ0) is 13.3. The first-order chi connectivity index (χ1) is 8.50. The van der Waals surface area contributed by atoms with Crippen LogP contribution in [0.1, 0.15) is 0 Å². The highest BCUT2D eigenvalue weighted by Gasteiger charge is 2.17. The Morgan fingerprint density at radius 3 is 2.72 bits per heavy atom. The average Bonchev–Trinajstić information content (AvgIpc) is 2.33. The van der Waals surface area contributed by atoms with Crippen molar-refractivity contribution in [2.75, 3.05) is 0 Å². The highest BCUT2D eigenvalue weighted by atomic mass is 35.5. The highest BCUT2D eigenvalue weighted by Crippen LogP contribution is 2.30. The summed E-state index contributed by atoms with van der Waals surface area (Å²) in [5.41, 5.74) is -0.483. The predicted molar refractivity (Wildman–Crippen MR) is 61.3 cm³/mol. The number of benzene rings is 1. The van der Waals surface area contributed by atoms with Crippen LogP contribution in [0, 0.1) is 21.7 Å². The van der Waals surface area contributed by atoms with Gasteiger partial charge in [0.25, 0.3) is 0 Å². The van der Waals surface area contributed by atoms with E-state index in [4.69, 9.17) is 11.6 Å². The Labute approximate surface area is 105 Å². The zero-order valence-corrected chi connectivity index (χ0v) is 9.49. The molecule has 7 heteroatoms. The number of hydrogen-bond donors (Lipinski definition) is 0. The van der Waals surface area contributed by atoms with Gasteiger partial charge >= 0.3 is 5.69 Å². The van der Waals surface area contributed by atoms with Crippen LogP contribution >= 0.6 is 11.6 Å². The third-order valence-corrected chi connectivity index (χ3v) is 2.57. The van der Waals surface area contributed by atoms with Gasteiger partial charge in [0.15, 0.2) is 11.6 Å². The second kappa shape index (κ2) is 4.66. The van der Waals surface area contributed by atoms with Crippen LogP contribution in [0.3, 0.4) is 0 Å². The molecule has 92 valence electrons. The van der Waals surface area contributed by atoms with Crippen molar-refractivity contribution in [2.45, 2.75) is 0 Å². The molecule has 1 aromatic carbocycles. The van der Waals surface area contributed by atoms with Gasteiger partial charge in [0.2, 0.25) is 5.15 Å². The number of rotatable bonds is 2. The van der Waals surface area contributed by atoms with Crippen LogP contribution in [-0.4, -0.2) is 9.91 Å². The van der Waals surface area contributed by atoms with Crippen LogP contribution in [0.5, 0.6) is 0 Å². The van der Waals surface area contributed by atoms with Crippen LogP contribution in [-0.2, 0) is 0 Å². The molecule has 1 heterocycles. The van der Waals surface area contributed by atoms with Gasteiger partial charge in [0, 0.05) is 23.4 Å². The van der Waals surface area contributed by atoms with E-state index >= 15 is 0 Å². The lowest BCUT2D eigenvalue weighted by atomic mass is 10.1. The summed E-state index contributed by atoms with van der Waals surface area (Å²) in [5, 5.41) is 10.4. The van der Waals surface area contributed by atoms with E-state index in [2.05, 4.69) is 4.98 Å². The summed E-state index contributed by atoms with van der Waals surface area (Å²) < 4.78 is 26.6. The fourth-order valence-corrected chi connectivity index (χ4v) is 1.61. The normalized spacial score (nSPS) is 10.4. The van der Waals surface area contributed by atoms with Crippen molar-refractivity contribution < 1.29 is 13.7 Å². The molecule has 0 aliphatic carbocycles. The first-order valence-electron chi connectivity index (χ1n) is 4.75. The first kappa shape index (κ1) is 12.4. The van der Waals surface area contributed by atoms with Gasteiger partial charge in [-0.25, -0.2) is 13.8 Å². The van der Waals surface area contributed by atoms with Crippen molar-refractivity contribution in [3.8, 4) is 11.1 Å². The number of hydrogen-bond acceptors (Lipinski definition) is 3. The fraction of sp³-hybridized carbons (Fsp3) is 0. The lowest BCUT2D eigenvalue weighted by Crippen LogP contribution is -1.94. The Kier molecular flexibility index (Phi) is 3.20. The fourth-order valence-electron chi connectivity index (χ4n) is 1.44. The lowest BCUT2D eigenvalue weighted by Gasteiger charge is -2.04. The van der Waals surface area contributed by atoms with Crippen LogP contribution < -0.4 is 0 Å². The molecule has 0 spiro atoms. The van der Waals surface area contributed by atoms with Gasteiger partial charge in [0.1, 0.15) is 0 Å². The van der Waals surface area contributed by atoms with E-state index < -0.39 is 22.2 Å². The molecule has 18 heavy (non-hydrogen) atoms. The van der Waals surface area contributed by atoms with Gasteiger partial charge in [-0.1, -0.05) is 23.7 Å². The second-order valence-electron chi connectivity index (χ2n) is 3.39. The van der Waals surface area contributed by atoms with Crippen LogP contribution in [0.2, 0.25) is 5.15 Å². The molecule has 0 saturated heterocycles. The molecule has 0 aliphatic rings. The van der Waals surface area contributed by atoms with Crippen molar-refractivity contribution in [3.63, 3.8) is 0 Å². The third-order valence-electron chi connectivity index (χ3n) is 2.28. The molecule has 0 saturated carbocycles. The van der Waals surface area contributed by atoms with Crippen molar-refractivity contribution in [1.29, 1.82) is 0 Å². The van der Waals surface area contributed by atoms with E-state index in [1.54, 1.807) is 0 Å². The maximum atomic E-state index is 13.5. The van der Waals surface area contributed by atoms with Gasteiger partial charge in [0.05, 0.1) is 4.92 Å². The van der Waals surface area contributed by atoms with E-state index in [0.717, 1.165) is 18.3 Å². The Morgan fingerprint density at radius 2 is 2.06 bits per heavy atom. The van der Waals surface area contributed by atoms with Gasteiger partial charge in [-0.05, 0) is 6.07 Å². The summed E-state index contributed by atoms with van der Waals surface area (Å²) in [5.74, 6) is -2.12. The molecule has 2 aromatic rings. The minimum Gasteiger partial charge on any atom is -0.258 e. The summed E-state index contributed by atoms with van der Waals surface area (Å²) in [6.45, 7) is 0. The molecule has 0 bridgehead atoms. The largest absolute Gasteiger partial charge is 0.307 e. The SMILES string of the molecule is O=[N+]([O-])c1cc(-c2cccc(F)c2F)cnc1Cl. The molecule has 0 atom stereocenters. The van der Waals surface area contributed by atoms with Gasteiger partial charge in [-0.2, -0.15) is 0 Å². The van der Waals surface area contributed by atoms with Gasteiger partial charge in [-0.3, -0.25) is 10.1 Å². The first-order valence-corrected chi connectivity index (χ1v) is 5.13. The number of aromatic nitrogens is 1. The van der Waals surface area contributed by atoms with Crippen molar-refractivity contribution >= 4 is 17.3 Å².